The van der Waals surface area contributed by atoms with E-state index in [0.717, 1.165) is 32.4 Å². The number of aliphatic hydroxyl groups excluding tert-OH is 1. The Labute approximate surface area is 254 Å². The van der Waals surface area contributed by atoms with Gasteiger partial charge in [0.15, 0.2) is 0 Å². The van der Waals surface area contributed by atoms with E-state index in [0.29, 0.717) is 50.8 Å². The smallest absolute Gasteiger partial charge is 0.232 e. The van der Waals surface area contributed by atoms with Gasteiger partial charge in [-0.2, -0.15) is 0 Å². The van der Waals surface area contributed by atoms with Crippen molar-refractivity contribution in [2.45, 2.75) is 57.1 Å². The lowest BCUT2D eigenvalue weighted by Gasteiger charge is -2.19. The molecule has 5 N–H and O–H groups in total. The van der Waals surface area contributed by atoms with Gasteiger partial charge in [-0.15, -0.1) is 22.0 Å². The van der Waals surface area contributed by atoms with Gasteiger partial charge in [0.05, 0.1) is 23.4 Å². The largest absolute Gasteiger partial charge is 0.396 e. The fraction of sp³-hybridized carbons (Fsp3) is 0.467. The molecule has 2 aliphatic rings. The van der Waals surface area contributed by atoms with E-state index in [4.69, 9.17) is 11.6 Å². The minimum atomic E-state index is -0.465. The number of carbonyl (C=O) groups is 1. The summed E-state index contributed by atoms with van der Waals surface area (Å²) in [5, 5.41) is 32.1. The molecule has 2 aliphatic carbocycles. The number of nitrogens with zero attached hydrogens (tertiary/aromatic N) is 3. The number of hydrogen-bond acceptors (Lipinski definition) is 9. The Bertz CT molecular complexity index is 1440. The molecular weight excluding hydrogens is 577 g/mol. The number of amides is 1. The summed E-state index contributed by atoms with van der Waals surface area (Å²) in [5.74, 6) is 0.396. The van der Waals surface area contributed by atoms with Crippen LogP contribution in [0.4, 0.5) is 21.6 Å². The van der Waals surface area contributed by atoms with Crippen molar-refractivity contribution in [3.05, 3.63) is 53.4 Å². The molecule has 0 saturated heterocycles. The number of benzene rings is 1. The van der Waals surface area contributed by atoms with Crippen molar-refractivity contribution < 1.29 is 14.3 Å². The molecule has 1 amide bonds. The molecule has 2 heterocycles. The molecule has 2 unspecified atom stereocenters. The molecule has 2 atom stereocenters. The van der Waals surface area contributed by atoms with Gasteiger partial charge in [0, 0.05) is 59.5 Å². The van der Waals surface area contributed by atoms with Gasteiger partial charge in [0.2, 0.25) is 5.91 Å². The van der Waals surface area contributed by atoms with E-state index in [9.17, 15) is 14.3 Å². The summed E-state index contributed by atoms with van der Waals surface area (Å²) in [6, 6.07) is 10.3. The van der Waals surface area contributed by atoms with Crippen molar-refractivity contribution in [1.29, 1.82) is 0 Å². The van der Waals surface area contributed by atoms with E-state index in [2.05, 4.69) is 57.2 Å². The number of aromatic nitrogens is 3. The minimum Gasteiger partial charge on any atom is -0.396 e. The predicted molar refractivity (Wildman–Crippen MR) is 166 cm³/mol. The van der Waals surface area contributed by atoms with E-state index in [-0.39, 0.29) is 28.9 Å². The Morgan fingerprint density at radius 1 is 1.17 bits per heavy atom. The first-order valence-electron chi connectivity index (χ1n) is 14.3. The maximum absolute atomic E-state index is 14.5. The molecule has 5 rings (SSSR count). The van der Waals surface area contributed by atoms with Crippen LogP contribution in [0.15, 0.2) is 47.6 Å². The zero-order valence-electron chi connectivity index (χ0n) is 24.0. The van der Waals surface area contributed by atoms with Crippen LogP contribution in [0, 0.1) is 16.6 Å². The molecule has 1 aromatic carbocycles. The molecule has 0 bridgehead atoms. The molecular formula is C30H37ClFN7O2S. The number of halogens is 2. The number of rotatable bonds is 15. The highest BCUT2D eigenvalue weighted by atomic mass is 35.5. The fourth-order valence-corrected chi connectivity index (χ4v) is 6.23. The number of thioether (sulfide) groups is 1. The summed E-state index contributed by atoms with van der Waals surface area (Å²) in [4.78, 5) is 17.6. The third-order valence-corrected chi connectivity index (χ3v) is 9.35. The molecule has 2 saturated carbocycles. The van der Waals surface area contributed by atoms with Crippen molar-refractivity contribution >= 4 is 46.5 Å². The monoisotopic (exact) mass is 613 g/mol. The molecule has 3 aromatic rings. The Morgan fingerprint density at radius 3 is 2.74 bits per heavy atom. The van der Waals surface area contributed by atoms with Gasteiger partial charge in [0.25, 0.3) is 0 Å². The first-order valence-corrected chi connectivity index (χ1v) is 15.6. The van der Waals surface area contributed by atoms with E-state index in [1.807, 2.05) is 0 Å². The van der Waals surface area contributed by atoms with Crippen LogP contribution in [0.1, 0.15) is 40.0 Å². The normalized spacial score (nSPS) is 21.8. The molecule has 9 nitrogen and oxygen atoms in total. The number of carbonyl (C=O) groups excluding carboxylic acids is 1. The van der Waals surface area contributed by atoms with Crippen molar-refractivity contribution in [3.8, 4) is 11.3 Å². The average Bonchev–Trinajstić information content (AvgIpc) is 3.81. The predicted octanol–water partition coefficient (Wildman–Crippen LogP) is 5.24. The number of anilines is 3. The quantitative estimate of drug-likeness (QED) is 0.146. The second kappa shape index (κ2) is 12.8. The number of aliphatic hydroxyl groups is 1. The summed E-state index contributed by atoms with van der Waals surface area (Å²) in [5.41, 5.74) is 1.52. The van der Waals surface area contributed by atoms with Gasteiger partial charge in [-0.25, -0.2) is 9.37 Å². The minimum absolute atomic E-state index is 0.00298. The van der Waals surface area contributed by atoms with E-state index < -0.39 is 5.82 Å². The third-order valence-electron chi connectivity index (χ3n) is 8.15. The SMILES string of the molecule is CCC(C)NC(C)CNCC12CC1(C(=O)Nc1cc(Nc3cc(-c4cc(Cl)ccc4F)nnc3SCCO)ccn1)C2. The topological polar surface area (TPSA) is 124 Å². The molecule has 2 aromatic heterocycles. The summed E-state index contributed by atoms with van der Waals surface area (Å²) >= 11 is 7.41. The summed E-state index contributed by atoms with van der Waals surface area (Å²) in [6.45, 7) is 8.21. The van der Waals surface area contributed by atoms with Crippen LogP contribution in [-0.4, -0.2) is 63.7 Å². The van der Waals surface area contributed by atoms with Crippen molar-refractivity contribution in [1.82, 2.24) is 25.8 Å². The van der Waals surface area contributed by atoms with Crippen molar-refractivity contribution in [3.63, 3.8) is 0 Å². The lowest BCUT2D eigenvalue weighted by Crippen LogP contribution is -2.41. The van der Waals surface area contributed by atoms with E-state index >= 15 is 0 Å². The van der Waals surface area contributed by atoms with Gasteiger partial charge in [-0.1, -0.05) is 18.5 Å². The maximum atomic E-state index is 14.5. The summed E-state index contributed by atoms with van der Waals surface area (Å²) < 4.78 is 14.5. The summed E-state index contributed by atoms with van der Waals surface area (Å²) in [7, 11) is 0. The van der Waals surface area contributed by atoms with Crippen molar-refractivity contribution in [2.75, 3.05) is 36.1 Å². The zero-order chi connectivity index (χ0) is 29.9. The van der Waals surface area contributed by atoms with Gasteiger partial charge in [0.1, 0.15) is 16.7 Å². The van der Waals surface area contributed by atoms with Gasteiger partial charge in [-0.3, -0.25) is 4.79 Å². The van der Waals surface area contributed by atoms with Crippen LogP contribution in [0.3, 0.4) is 0 Å². The number of fused-ring (bicyclic) bond motifs is 1. The van der Waals surface area contributed by atoms with Gasteiger partial charge >= 0.3 is 0 Å². The lowest BCUT2D eigenvalue weighted by atomic mass is 10.1. The first-order chi connectivity index (χ1) is 20.2. The second-order valence-electron chi connectivity index (χ2n) is 11.4. The number of pyridine rings is 1. The zero-order valence-corrected chi connectivity index (χ0v) is 25.6. The molecule has 2 fully saturated rings. The second-order valence-corrected chi connectivity index (χ2v) is 12.9. The van der Waals surface area contributed by atoms with E-state index in [1.165, 1.54) is 30.0 Å². The van der Waals surface area contributed by atoms with Crippen LogP contribution < -0.4 is 21.3 Å². The molecule has 0 spiro atoms. The third kappa shape index (κ3) is 6.70. The fourth-order valence-electron chi connectivity index (χ4n) is 5.41. The lowest BCUT2D eigenvalue weighted by molar-refractivity contribution is -0.119. The van der Waals surface area contributed by atoms with Gasteiger partial charge in [-0.05, 0) is 68.9 Å². The van der Waals surface area contributed by atoms with Gasteiger partial charge < -0.3 is 26.4 Å². The standard InChI is InChI=1S/C30H37ClFN7O2S/c1-4-18(2)35-19(3)14-33-17-29-15-30(29,16-29)28(41)37-26-12-21(7-8-34-26)36-25-13-24(38-39-27(25)42-10-9-40)22-11-20(31)5-6-23(22)32/h5-8,11-13,18-19,33,35,40H,4,9-10,14-17H2,1-3H3,(H2,34,36,37,38,41). The maximum Gasteiger partial charge on any atom is 0.232 e. The highest BCUT2D eigenvalue weighted by molar-refractivity contribution is 7.99. The average molecular weight is 614 g/mol. The molecule has 12 heteroatoms. The number of hydrogen-bond donors (Lipinski definition) is 5. The Hall–Kier alpha value is -2.83. The Morgan fingerprint density at radius 2 is 1.98 bits per heavy atom. The Kier molecular flexibility index (Phi) is 9.34. The molecule has 0 aliphatic heterocycles. The van der Waals surface area contributed by atoms with Crippen molar-refractivity contribution in [2.24, 2.45) is 10.8 Å². The van der Waals surface area contributed by atoms with Crippen LogP contribution in [0.25, 0.3) is 11.3 Å². The highest BCUT2D eigenvalue weighted by Gasteiger charge is 2.86. The van der Waals surface area contributed by atoms with Crippen LogP contribution in [0.2, 0.25) is 5.02 Å². The number of nitrogens with one attached hydrogen (secondary N) is 4. The van der Waals surface area contributed by atoms with Crippen LogP contribution in [0.5, 0.6) is 0 Å². The van der Waals surface area contributed by atoms with Crippen LogP contribution in [-0.2, 0) is 4.79 Å². The van der Waals surface area contributed by atoms with Crippen LogP contribution >= 0.6 is 23.4 Å². The molecule has 224 valence electrons. The van der Waals surface area contributed by atoms with E-state index in [1.54, 1.807) is 24.4 Å². The Balaban J connectivity index is 1.23. The summed E-state index contributed by atoms with van der Waals surface area (Å²) in [6.07, 6.45) is 4.49. The molecule has 42 heavy (non-hydrogen) atoms. The highest BCUT2D eigenvalue weighted by Crippen LogP contribution is 2.85. The first kappa shape index (κ1) is 30.6. The molecule has 0 radical (unpaired) electrons.